The van der Waals surface area contributed by atoms with Gasteiger partial charge in [0.2, 0.25) is 0 Å². The van der Waals surface area contributed by atoms with Crippen LogP contribution in [0.2, 0.25) is 0 Å². The van der Waals surface area contributed by atoms with Gasteiger partial charge in [0.05, 0.1) is 23.6 Å². The maximum absolute atomic E-state index is 13.3. The average molecular weight is 360 g/mol. The lowest BCUT2D eigenvalue weighted by Crippen LogP contribution is -2.31. The van der Waals surface area contributed by atoms with Crippen LogP contribution in [0.25, 0.3) is 0 Å². The van der Waals surface area contributed by atoms with E-state index < -0.39 is 15.8 Å². The van der Waals surface area contributed by atoms with E-state index in [1.54, 1.807) is 38.4 Å². The summed E-state index contributed by atoms with van der Waals surface area (Å²) in [6, 6.07) is 8.86. The zero-order valence-electron chi connectivity index (χ0n) is 13.8. The molecule has 0 radical (unpaired) electrons. The fraction of sp³-hybridized carbons (Fsp3) is 0.176. The fourth-order valence-corrected chi connectivity index (χ4v) is 4.40. The molecule has 2 heterocycles. The number of benzene rings is 1. The summed E-state index contributed by atoms with van der Waals surface area (Å²) in [6.07, 6.45) is 3.21. The van der Waals surface area contributed by atoms with Crippen LogP contribution >= 0.6 is 0 Å². The predicted molar refractivity (Wildman–Crippen MR) is 92.1 cm³/mol. The van der Waals surface area contributed by atoms with Crippen molar-refractivity contribution in [1.82, 2.24) is 15.2 Å². The number of pyridine rings is 1. The maximum atomic E-state index is 13.3. The third kappa shape index (κ3) is 3.39. The van der Waals surface area contributed by atoms with Crippen molar-refractivity contribution in [3.05, 3.63) is 71.6 Å². The van der Waals surface area contributed by atoms with Gasteiger partial charge in [0.1, 0.15) is 10.7 Å². The van der Waals surface area contributed by atoms with E-state index in [2.05, 4.69) is 15.2 Å². The molecule has 0 aliphatic rings. The van der Waals surface area contributed by atoms with Crippen molar-refractivity contribution in [3.8, 4) is 0 Å². The molecule has 0 fully saturated rings. The molecule has 1 aromatic carbocycles. The van der Waals surface area contributed by atoms with E-state index in [-0.39, 0.29) is 11.4 Å². The Kier molecular flexibility index (Phi) is 4.54. The van der Waals surface area contributed by atoms with Crippen LogP contribution in [0.5, 0.6) is 0 Å². The highest BCUT2D eigenvalue weighted by molar-refractivity contribution is 7.92. The summed E-state index contributed by atoms with van der Waals surface area (Å²) in [7, 11) is -3.89. The first kappa shape index (κ1) is 17.1. The second-order valence-corrected chi connectivity index (χ2v) is 7.41. The predicted octanol–water partition coefficient (Wildman–Crippen LogP) is 2.96. The second kappa shape index (κ2) is 6.64. The Bertz CT molecular complexity index is 950. The van der Waals surface area contributed by atoms with E-state index >= 15 is 0 Å². The van der Waals surface area contributed by atoms with Crippen molar-refractivity contribution in [1.29, 1.82) is 0 Å². The number of aryl methyl sites for hydroxylation is 2. The van der Waals surface area contributed by atoms with Gasteiger partial charge in [-0.3, -0.25) is 14.4 Å². The van der Waals surface area contributed by atoms with Crippen LogP contribution in [0.1, 0.15) is 17.0 Å². The van der Waals surface area contributed by atoms with Gasteiger partial charge < -0.3 is 0 Å². The molecule has 0 aliphatic heterocycles. The molecule has 0 saturated carbocycles. The third-order valence-electron chi connectivity index (χ3n) is 3.77. The average Bonchev–Trinajstić information content (AvgIpc) is 2.94. The first-order chi connectivity index (χ1) is 11.9. The number of nitrogens with zero attached hydrogens (tertiary/aromatic N) is 3. The van der Waals surface area contributed by atoms with E-state index in [1.165, 1.54) is 28.6 Å². The summed E-state index contributed by atoms with van der Waals surface area (Å²) in [6.45, 7) is 3.36. The minimum absolute atomic E-state index is 0.0753. The Labute approximate surface area is 145 Å². The molecule has 3 rings (SSSR count). The van der Waals surface area contributed by atoms with Crippen LogP contribution in [0.4, 0.5) is 10.1 Å². The zero-order valence-corrected chi connectivity index (χ0v) is 14.6. The van der Waals surface area contributed by atoms with Crippen LogP contribution in [0.3, 0.4) is 0 Å². The lowest BCUT2D eigenvalue weighted by molar-refractivity contribution is 0.588. The molecule has 25 heavy (non-hydrogen) atoms. The lowest BCUT2D eigenvalue weighted by Gasteiger charge is -2.24. The number of hydrogen-bond donors (Lipinski definition) is 1. The molecule has 0 unspecified atom stereocenters. The number of H-pyrrole nitrogens is 1. The monoisotopic (exact) mass is 360 g/mol. The summed E-state index contributed by atoms with van der Waals surface area (Å²) < 4.78 is 41.1. The van der Waals surface area contributed by atoms with Crippen molar-refractivity contribution >= 4 is 15.7 Å². The van der Waals surface area contributed by atoms with Gasteiger partial charge in [-0.15, -0.1) is 0 Å². The first-order valence-electron chi connectivity index (χ1n) is 7.58. The molecule has 6 nitrogen and oxygen atoms in total. The molecule has 2 aromatic heterocycles. The van der Waals surface area contributed by atoms with Gasteiger partial charge in [-0.2, -0.15) is 5.10 Å². The Morgan fingerprint density at radius 3 is 2.44 bits per heavy atom. The Balaban J connectivity index is 2.12. The number of anilines is 1. The van der Waals surface area contributed by atoms with E-state index in [4.69, 9.17) is 0 Å². The molecule has 8 heteroatoms. The molecule has 0 aliphatic carbocycles. The number of sulfonamides is 1. The Morgan fingerprint density at radius 2 is 1.88 bits per heavy atom. The molecule has 0 atom stereocenters. The molecule has 0 spiro atoms. The zero-order chi connectivity index (χ0) is 18.0. The third-order valence-corrected chi connectivity index (χ3v) is 5.81. The van der Waals surface area contributed by atoms with E-state index in [1.807, 2.05) is 0 Å². The Morgan fingerprint density at radius 1 is 1.16 bits per heavy atom. The Hall–Kier alpha value is -2.74. The topological polar surface area (TPSA) is 79.0 Å². The number of halogens is 1. The summed E-state index contributed by atoms with van der Waals surface area (Å²) in [4.78, 5) is 4.15. The molecular weight excluding hydrogens is 343 g/mol. The van der Waals surface area contributed by atoms with Crippen LogP contribution in [0, 0.1) is 19.7 Å². The quantitative estimate of drug-likeness (QED) is 0.759. The number of nitrogens with one attached hydrogen (secondary N) is 1. The lowest BCUT2D eigenvalue weighted by atomic mass is 10.2. The minimum Gasteiger partial charge on any atom is -0.281 e. The van der Waals surface area contributed by atoms with Gasteiger partial charge in [-0.25, -0.2) is 12.8 Å². The van der Waals surface area contributed by atoms with Crippen molar-refractivity contribution in [2.75, 3.05) is 4.31 Å². The maximum Gasteiger partial charge on any atom is 0.268 e. The van der Waals surface area contributed by atoms with Gasteiger partial charge in [0.15, 0.2) is 0 Å². The molecule has 3 aromatic rings. The summed E-state index contributed by atoms with van der Waals surface area (Å²) in [5.74, 6) is -0.432. The molecule has 1 N–H and O–H groups in total. The SMILES string of the molecule is Cc1n[nH]c(C)c1S(=O)(=O)N(Cc1cccnc1)c1ccc(F)cc1. The standard InChI is InChI=1S/C17H17FN4O2S/c1-12-17(13(2)21-20-12)25(23,24)22(11-14-4-3-9-19-10-14)16-7-5-15(18)6-8-16/h3-10H,11H2,1-2H3,(H,20,21). The number of rotatable bonds is 5. The number of aromatic nitrogens is 3. The van der Waals surface area contributed by atoms with Gasteiger partial charge >= 0.3 is 0 Å². The molecule has 130 valence electrons. The van der Waals surface area contributed by atoms with Crippen molar-refractivity contribution in [2.24, 2.45) is 0 Å². The largest absolute Gasteiger partial charge is 0.281 e. The van der Waals surface area contributed by atoms with Gasteiger partial charge in [0.25, 0.3) is 10.0 Å². The van der Waals surface area contributed by atoms with Crippen LogP contribution < -0.4 is 4.31 Å². The summed E-state index contributed by atoms with van der Waals surface area (Å²) in [5.41, 5.74) is 1.92. The van der Waals surface area contributed by atoms with E-state index in [9.17, 15) is 12.8 Å². The smallest absolute Gasteiger partial charge is 0.268 e. The van der Waals surface area contributed by atoms with Crippen LogP contribution in [-0.2, 0) is 16.6 Å². The van der Waals surface area contributed by atoms with Crippen LogP contribution in [-0.4, -0.2) is 23.6 Å². The molecule has 0 amide bonds. The highest BCUT2D eigenvalue weighted by atomic mass is 32.2. The van der Waals surface area contributed by atoms with E-state index in [0.29, 0.717) is 22.6 Å². The highest BCUT2D eigenvalue weighted by Gasteiger charge is 2.30. The first-order valence-corrected chi connectivity index (χ1v) is 9.02. The fourth-order valence-electron chi connectivity index (χ4n) is 2.61. The van der Waals surface area contributed by atoms with Gasteiger partial charge in [-0.1, -0.05) is 6.07 Å². The normalized spacial score (nSPS) is 11.5. The molecular formula is C17H17FN4O2S. The molecule has 0 saturated heterocycles. The second-order valence-electron chi connectivity index (χ2n) is 5.61. The van der Waals surface area contributed by atoms with Crippen molar-refractivity contribution in [2.45, 2.75) is 25.3 Å². The van der Waals surface area contributed by atoms with Crippen LogP contribution in [0.15, 0.2) is 53.7 Å². The van der Waals surface area contributed by atoms with Crippen molar-refractivity contribution < 1.29 is 12.8 Å². The van der Waals surface area contributed by atoms with E-state index in [0.717, 1.165) is 0 Å². The number of aromatic amines is 1. The summed E-state index contributed by atoms with van der Waals surface area (Å²) in [5, 5.41) is 6.67. The highest BCUT2D eigenvalue weighted by Crippen LogP contribution is 2.28. The summed E-state index contributed by atoms with van der Waals surface area (Å²) >= 11 is 0. The van der Waals surface area contributed by atoms with Gasteiger partial charge in [0, 0.05) is 12.4 Å². The van der Waals surface area contributed by atoms with Gasteiger partial charge in [-0.05, 0) is 49.7 Å². The molecule has 0 bridgehead atoms. The minimum atomic E-state index is -3.89. The van der Waals surface area contributed by atoms with Crippen molar-refractivity contribution in [3.63, 3.8) is 0 Å². The number of hydrogen-bond acceptors (Lipinski definition) is 4.